The van der Waals surface area contributed by atoms with Gasteiger partial charge in [0.2, 0.25) is 0 Å². The van der Waals surface area contributed by atoms with Crippen LogP contribution in [0.15, 0.2) is 25.3 Å². The van der Waals surface area contributed by atoms with Crippen molar-refractivity contribution in [3.8, 4) is 0 Å². The van der Waals surface area contributed by atoms with E-state index < -0.39 is 24.1 Å². The van der Waals surface area contributed by atoms with Crippen molar-refractivity contribution in [3.05, 3.63) is 25.3 Å². The van der Waals surface area contributed by atoms with E-state index in [0.717, 1.165) is 18.7 Å². The maximum Gasteiger partial charge on any atom is 0.330 e. The van der Waals surface area contributed by atoms with Crippen molar-refractivity contribution < 1.29 is 38.7 Å². The molecule has 1 aliphatic heterocycles. The van der Waals surface area contributed by atoms with Gasteiger partial charge in [-0.1, -0.05) is 13.2 Å². The number of nitrogens with zero attached hydrogens (tertiary/aromatic N) is 2. The van der Waals surface area contributed by atoms with E-state index in [1.807, 2.05) is 0 Å². The van der Waals surface area contributed by atoms with Gasteiger partial charge in [-0.15, -0.1) is 0 Å². The molecule has 0 radical (unpaired) electrons. The van der Waals surface area contributed by atoms with Gasteiger partial charge in [-0.25, -0.2) is 9.59 Å². The normalized spacial score (nSPS) is 18.3. The third-order valence-corrected chi connectivity index (χ3v) is 4.64. The maximum absolute atomic E-state index is 10.9. The number of aliphatic hydroxyl groups excluding tert-OH is 2. The molecule has 0 saturated carbocycles. The van der Waals surface area contributed by atoms with E-state index in [9.17, 15) is 19.8 Å². The molecule has 1 aliphatic rings. The van der Waals surface area contributed by atoms with Crippen molar-refractivity contribution in [2.75, 3.05) is 65.9 Å². The topological polar surface area (TPSA) is 118 Å². The Kier molecular flexibility index (Phi) is 12.5. The Bertz CT molecular complexity index is 584. The summed E-state index contributed by atoms with van der Waals surface area (Å²) in [6.45, 7) is 13.8. The van der Waals surface area contributed by atoms with Gasteiger partial charge >= 0.3 is 11.9 Å². The summed E-state index contributed by atoms with van der Waals surface area (Å²) in [7, 11) is 0. The number of hydrogen-bond acceptors (Lipinski definition) is 10. The number of ether oxygens (including phenoxy) is 4. The molecular weight excluding hydrogens is 408 g/mol. The fourth-order valence-corrected chi connectivity index (χ4v) is 3.17. The first-order valence-electron chi connectivity index (χ1n) is 10.3. The zero-order chi connectivity index (χ0) is 23.3. The number of rotatable bonds is 16. The van der Waals surface area contributed by atoms with E-state index in [0.29, 0.717) is 19.8 Å². The quantitative estimate of drug-likeness (QED) is 0.184. The van der Waals surface area contributed by atoms with E-state index in [2.05, 4.69) is 36.8 Å². The van der Waals surface area contributed by atoms with Gasteiger partial charge in [0.05, 0.1) is 45.3 Å². The molecule has 0 aliphatic carbocycles. The van der Waals surface area contributed by atoms with E-state index in [-0.39, 0.29) is 45.2 Å². The van der Waals surface area contributed by atoms with Crippen LogP contribution in [0.4, 0.5) is 0 Å². The minimum Gasteiger partial charge on any atom is -0.460 e. The largest absolute Gasteiger partial charge is 0.460 e. The first-order chi connectivity index (χ1) is 14.7. The van der Waals surface area contributed by atoms with Crippen molar-refractivity contribution >= 4 is 11.9 Å². The second-order valence-electron chi connectivity index (χ2n) is 7.89. The average Bonchev–Trinajstić information content (AvgIpc) is 2.99. The third kappa shape index (κ3) is 11.4. The molecular formula is C21H36N2O8. The maximum atomic E-state index is 10.9. The zero-order valence-electron chi connectivity index (χ0n) is 18.5. The fraction of sp³-hybridized carbons (Fsp3) is 0.714. The molecule has 178 valence electrons. The van der Waals surface area contributed by atoms with Gasteiger partial charge in [0.1, 0.15) is 13.2 Å². The Morgan fingerprint density at radius 2 is 1.42 bits per heavy atom. The van der Waals surface area contributed by atoms with Gasteiger partial charge in [0.15, 0.2) is 0 Å². The van der Waals surface area contributed by atoms with Crippen LogP contribution >= 0.6 is 0 Å². The number of aliphatic hydroxyl groups is 2. The predicted octanol–water partition coefficient (Wildman–Crippen LogP) is -0.446. The summed E-state index contributed by atoms with van der Waals surface area (Å²) < 4.78 is 20.3. The smallest absolute Gasteiger partial charge is 0.330 e. The molecule has 1 saturated heterocycles. The number of carbonyl (C=O) groups is 2. The lowest BCUT2D eigenvalue weighted by atomic mass is 10.0. The molecule has 1 rings (SSSR count). The molecule has 0 bridgehead atoms. The van der Waals surface area contributed by atoms with Gasteiger partial charge in [-0.05, 0) is 13.8 Å². The Labute approximate surface area is 184 Å². The van der Waals surface area contributed by atoms with E-state index in [4.69, 9.17) is 18.9 Å². The van der Waals surface area contributed by atoms with Crippen molar-refractivity contribution in [1.29, 1.82) is 0 Å². The first-order valence-corrected chi connectivity index (χ1v) is 10.3. The van der Waals surface area contributed by atoms with Gasteiger partial charge in [0.25, 0.3) is 0 Å². The summed E-state index contributed by atoms with van der Waals surface area (Å²) in [5.74, 6) is -1.01. The lowest BCUT2D eigenvalue weighted by Gasteiger charge is -2.31. The standard InChI is InChI=1S/C21H36N2O8/c1-5-19(26)30-9-7-28-13-17(24)11-22-15-21(3,4)23(16-22)12-18(25)14-29-8-10-31-20(27)6-2/h5-6,17-18,24-25H,1-2,7-16H2,3-4H3. The van der Waals surface area contributed by atoms with Gasteiger partial charge in [0, 0.05) is 37.3 Å². The number of esters is 2. The molecule has 10 nitrogen and oxygen atoms in total. The fourth-order valence-electron chi connectivity index (χ4n) is 3.17. The van der Waals surface area contributed by atoms with Crippen LogP contribution in [0.1, 0.15) is 13.8 Å². The zero-order valence-corrected chi connectivity index (χ0v) is 18.5. The van der Waals surface area contributed by atoms with Crippen molar-refractivity contribution in [3.63, 3.8) is 0 Å². The van der Waals surface area contributed by atoms with Crippen LogP contribution < -0.4 is 0 Å². The number of hydrogen-bond donors (Lipinski definition) is 2. The molecule has 0 aromatic rings. The third-order valence-electron chi connectivity index (χ3n) is 4.64. The highest BCUT2D eigenvalue weighted by atomic mass is 16.6. The van der Waals surface area contributed by atoms with E-state index >= 15 is 0 Å². The van der Waals surface area contributed by atoms with Crippen LogP contribution in [0.25, 0.3) is 0 Å². The molecule has 1 fully saturated rings. The minimum absolute atomic E-state index is 0.108. The molecule has 31 heavy (non-hydrogen) atoms. The molecule has 2 unspecified atom stereocenters. The van der Waals surface area contributed by atoms with Crippen LogP contribution in [-0.4, -0.2) is 116 Å². The summed E-state index contributed by atoms with van der Waals surface area (Å²) in [6, 6.07) is 0. The molecule has 0 spiro atoms. The summed E-state index contributed by atoms with van der Waals surface area (Å²) in [5, 5.41) is 20.5. The Morgan fingerprint density at radius 3 is 1.90 bits per heavy atom. The van der Waals surface area contributed by atoms with Crippen LogP contribution in [0, 0.1) is 0 Å². The van der Waals surface area contributed by atoms with E-state index in [1.54, 1.807) is 0 Å². The van der Waals surface area contributed by atoms with Gasteiger partial charge in [-0.3, -0.25) is 9.80 Å². The van der Waals surface area contributed by atoms with Crippen molar-refractivity contribution in [1.82, 2.24) is 9.80 Å². The minimum atomic E-state index is -0.694. The summed E-state index contributed by atoms with van der Waals surface area (Å²) in [6.07, 6.45) is 0.790. The van der Waals surface area contributed by atoms with Crippen molar-refractivity contribution in [2.24, 2.45) is 0 Å². The molecule has 1 heterocycles. The Hall–Kier alpha value is -1.82. The van der Waals surface area contributed by atoms with Gasteiger partial charge in [-0.2, -0.15) is 0 Å². The second kappa shape index (κ2) is 14.3. The molecule has 0 amide bonds. The van der Waals surface area contributed by atoms with Crippen LogP contribution in [0.2, 0.25) is 0 Å². The average molecular weight is 445 g/mol. The molecule has 10 heteroatoms. The molecule has 0 aromatic carbocycles. The highest BCUT2D eigenvalue weighted by Gasteiger charge is 2.38. The summed E-state index contributed by atoms with van der Waals surface area (Å²) in [5.41, 5.74) is -0.181. The molecule has 0 aromatic heterocycles. The predicted molar refractivity (Wildman–Crippen MR) is 113 cm³/mol. The summed E-state index contributed by atoms with van der Waals surface area (Å²) >= 11 is 0. The number of carbonyl (C=O) groups excluding carboxylic acids is 2. The number of β-amino-alcohol motifs (C(OH)–C–C–N with tert-alkyl or cyclic N) is 2. The Morgan fingerprint density at radius 1 is 0.935 bits per heavy atom. The van der Waals surface area contributed by atoms with Crippen LogP contribution in [0.3, 0.4) is 0 Å². The SMILES string of the molecule is C=CC(=O)OCCOCC(O)CN1CN(CC(O)COCCOC(=O)C=C)C(C)(C)C1. The van der Waals surface area contributed by atoms with E-state index in [1.165, 1.54) is 0 Å². The van der Waals surface area contributed by atoms with Gasteiger partial charge < -0.3 is 29.2 Å². The Balaban J connectivity index is 2.25. The van der Waals surface area contributed by atoms with Crippen LogP contribution in [-0.2, 0) is 28.5 Å². The molecule has 2 N–H and O–H groups in total. The lowest BCUT2D eigenvalue weighted by molar-refractivity contribution is -0.140. The lowest BCUT2D eigenvalue weighted by Crippen LogP contribution is -2.45. The summed E-state index contributed by atoms with van der Waals surface area (Å²) in [4.78, 5) is 26.1. The first kappa shape index (κ1) is 27.2. The molecule has 2 atom stereocenters. The second-order valence-corrected chi connectivity index (χ2v) is 7.89. The highest BCUT2D eigenvalue weighted by Crippen LogP contribution is 2.24. The van der Waals surface area contributed by atoms with Crippen LogP contribution in [0.5, 0.6) is 0 Å². The monoisotopic (exact) mass is 444 g/mol. The van der Waals surface area contributed by atoms with Crippen molar-refractivity contribution in [2.45, 2.75) is 31.6 Å². The highest BCUT2D eigenvalue weighted by molar-refractivity contribution is 5.81.